The van der Waals surface area contributed by atoms with Gasteiger partial charge >= 0.3 is 0 Å². The summed E-state index contributed by atoms with van der Waals surface area (Å²) in [4.78, 5) is 4.32. The number of benzene rings is 1. The minimum atomic E-state index is -0.388. The molecule has 0 bridgehead atoms. The van der Waals surface area contributed by atoms with Crippen LogP contribution in [0.4, 0.5) is 21.7 Å². The first-order chi connectivity index (χ1) is 10.8. The molecule has 0 atom stereocenters. The Morgan fingerprint density at radius 3 is 3.00 bits per heavy atom. The molecule has 6 heteroatoms. The summed E-state index contributed by atoms with van der Waals surface area (Å²) in [7, 11) is 1.74. The van der Waals surface area contributed by atoms with Gasteiger partial charge in [-0.3, -0.25) is 5.10 Å². The molecule has 112 valence electrons. The van der Waals surface area contributed by atoms with Crippen LogP contribution in [-0.4, -0.2) is 22.2 Å². The molecule has 0 radical (unpaired) electrons. The van der Waals surface area contributed by atoms with Gasteiger partial charge in [0.1, 0.15) is 0 Å². The Morgan fingerprint density at radius 1 is 1.23 bits per heavy atom. The fraction of sp³-hybridized carbons (Fsp3) is 0.250. The number of fused-ring (bicyclic) bond motifs is 2. The Balaban J connectivity index is 1.76. The van der Waals surface area contributed by atoms with Crippen molar-refractivity contribution >= 4 is 28.4 Å². The maximum atomic E-state index is 14.4. The van der Waals surface area contributed by atoms with E-state index in [1.54, 1.807) is 7.05 Å². The van der Waals surface area contributed by atoms with Gasteiger partial charge < -0.3 is 10.6 Å². The smallest absolute Gasteiger partial charge is 0.169 e. The molecule has 1 aromatic carbocycles. The molecule has 1 aliphatic carbocycles. The lowest BCUT2D eigenvalue weighted by atomic mass is 10.1. The van der Waals surface area contributed by atoms with Gasteiger partial charge in [0, 0.05) is 12.7 Å². The van der Waals surface area contributed by atoms with Crippen molar-refractivity contribution in [2.45, 2.75) is 19.3 Å². The zero-order chi connectivity index (χ0) is 15.1. The van der Waals surface area contributed by atoms with E-state index in [9.17, 15) is 4.39 Å². The van der Waals surface area contributed by atoms with Crippen LogP contribution in [0.15, 0.2) is 24.3 Å². The number of hydrogen-bond acceptors (Lipinski definition) is 4. The van der Waals surface area contributed by atoms with E-state index < -0.39 is 0 Å². The van der Waals surface area contributed by atoms with Gasteiger partial charge in [-0.1, -0.05) is 12.1 Å². The predicted octanol–water partition coefficient (Wildman–Crippen LogP) is 3.37. The lowest BCUT2D eigenvalue weighted by Crippen LogP contribution is -2.00. The van der Waals surface area contributed by atoms with E-state index in [0.29, 0.717) is 16.9 Å². The number of pyridine rings is 1. The quantitative estimate of drug-likeness (QED) is 0.693. The SMILES string of the molecule is CNc1n[nH]c2nc(Nc3cccc4c3CCC4)c(F)cc12. The minimum Gasteiger partial charge on any atom is -0.371 e. The second-order valence-corrected chi connectivity index (χ2v) is 5.46. The summed E-state index contributed by atoms with van der Waals surface area (Å²) in [6.45, 7) is 0. The number of aromatic nitrogens is 3. The number of nitrogens with zero attached hydrogens (tertiary/aromatic N) is 2. The molecule has 5 nitrogen and oxygen atoms in total. The predicted molar refractivity (Wildman–Crippen MR) is 85.1 cm³/mol. The van der Waals surface area contributed by atoms with Crippen LogP contribution in [0.5, 0.6) is 0 Å². The van der Waals surface area contributed by atoms with Crippen molar-refractivity contribution in [3.05, 3.63) is 41.2 Å². The van der Waals surface area contributed by atoms with Crippen LogP contribution in [0, 0.1) is 5.82 Å². The molecule has 0 fully saturated rings. The molecule has 0 spiro atoms. The Hall–Kier alpha value is -2.63. The van der Waals surface area contributed by atoms with E-state index in [0.717, 1.165) is 24.9 Å². The van der Waals surface area contributed by atoms with Gasteiger partial charge in [0.15, 0.2) is 23.1 Å². The third-order valence-electron chi connectivity index (χ3n) is 4.14. The minimum absolute atomic E-state index is 0.221. The molecule has 0 saturated heterocycles. The average Bonchev–Trinajstić information content (AvgIpc) is 3.14. The number of halogens is 1. The van der Waals surface area contributed by atoms with Crippen LogP contribution in [0.1, 0.15) is 17.5 Å². The summed E-state index contributed by atoms with van der Waals surface area (Å²) in [6.07, 6.45) is 3.26. The first kappa shape index (κ1) is 13.1. The number of rotatable bonds is 3. The van der Waals surface area contributed by atoms with E-state index in [-0.39, 0.29) is 11.6 Å². The molecular formula is C16H16FN5. The molecule has 4 rings (SSSR count). The molecular weight excluding hydrogens is 281 g/mol. The molecule has 1 aliphatic rings. The number of anilines is 3. The molecule has 0 saturated carbocycles. The average molecular weight is 297 g/mol. The van der Waals surface area contributed by atoms with Gasteiger partial charge in [-0.05, 0) is 42.5 Å². The largest absolute Gasteiger partial charge is 0.371 e. The lowest BCUT2D eigenvalue weighted by Gasteiger charge is -2.11. The highest BCUT2D eigenvalue weighted by Crippen LogP contribution is 2.32. The molecule has 2 aromatic heterocycles. The van der Waals surface area contributed by atoms with Gasteiger partial charge in [0.25, 0.3) is 0 Å². The van der Waals surface area contributed by atoms with E-state index in [4.69, 9.17) is 0 Å². The van der Waals surface area contributed by atoms with E-state index >= 15 is 0 Å². The van der Waals surface area contributed by atoms with Gasteiger partial charge in [-0.15, -0.1) is 0 Å². The molecule has 22 heavy (non-hydrogen) atoms. The maximum absolute atomic E-state index is 14.4. The molecule has 3 aromatic rings. The number of hydrogen-bond donors (Lipinski definition) is 3. The summed E-state index contributed by atoms with van der Waals surface area (Å²) >= 11 is 0. The molecule has 0 aliphatic heterocycles. The van der Waals surface area contributed by atoms with Gasteiger partial charge in [-0.25, -0.2) is 9.37 Å². The monoisotopic (exact) mass is 297 g/mol. The van der Waals surface area contributed by atoms with Crippen LogP contribution in [0.2, 0.25) is 0 Å². The van der Waals surface area contributed by atoms with Crippen LogP contribution in [-0.2, 0) is 12.8 Å². The molecule has 2 heterocycles. The summed E-state index contributed by atoms with van der Waals surface area (Å²) in [5.74, 6) is 0.425. The fourth-order valence-corrected chi connectivity index (χ4v) is 3.07. The van der Waals surface area contributed by atoms with E-state index in [1.807, 2.05) is 12.1 Å². The highest BCUT2D eigenvalue weighted by Gasteiger charge is 2.17. The first-order valence-electron chi connectivity index (χ1n) is 7.36. The molecule has 0 amide bonds. The van der Waals surface area contributed by atoms with Crippen molar-refractivity contribution in [2.75, 3.05) is 17.7 Å². The second-order valence-electron chi connectivity index (χ2n) is 5.46. The fourth-order valence-electron chi connectivity index (χ4n) is 3.07. The first-order valence-corrected chi connectivity index (χ1v) is 7.36. The number of aryl methyl sites for hydroxylation is 1. The van der Waals surface area contributed by atoms with E-state index in [2.05, 4.69) is 31.9 Å². The van der Waals surface area contributed by atoms with Crippen molar-refractivity contribution < 1.29 is 4.39 Å². The van der Waals surface area contributed by atoms with Crippen molar-refractivity contribution in [1.29, 1.82) is 0 Å². The number of nitrogens with one attached hydrogen (secondary N) is 3. The van der Waals surface area contributed by atoms with Crippen molar-refractivity contribution in [1.82, 2.24) is 15.2 Å². The third kappa shape index (κ3) is 1.99. The van der Waals surface area contributed by atoms with Crippen LogP contribution in [0.3, 0.4) is 0 Å². The Labute approximate surface area is 127 Å². The van der Waals surface area contributed by atoms with Gasteiger partial charge in [-0.2, -0.15) is 5.10 Å². The van der Waals surface area contributed by atoms with Gasteiger partial charge in [0.2, 0.25) is 0 Å². The zero-order valence-electron chi connectivity index (χ0n) is 12.2. The summed E-state index contributed by atoms with van der Waals surface area (Å²) < 4.78 is 14.4. The van der Waals surface area contributed by atoms with E-state index in [1.165, 1.54) is 17.2 Å². The maximum Gasteiger partial charge on any atom is 0.169 e. The lowest BCUT2D eigenvalue weighted by molar-refractivity contribution is 0.629. The van der Waals surface area contributed by atoms with Crippen LogP contribution in [0.25, 0.3) is 11.0 Å². The van der Waals surface area contributed by atoms with Crippen molar-refractivity contribution in [2.24, 2.45) is 0 Å². The third-order valence-corrected chi connectivity index (χ3v) is 4.14. The number of aromatic amines is 1. The second kappa shape index (κ2) is 4.98. The molecule has 0 unspecified atom stereocenters. The van der Waals surface area contributed by atoms with Crippen LogP contribution < -0.4 is 10.6 Å². The molecule has 3 N–H and O–H groups in total. The highest BCUT2D eigenvalue weighted by atomic mass is 19.1. The van der Waals surface area contributed by atoms with Crippen molar-refractivity contribution in [3.8, 4) is 0 Å². The van der Waals surface area contributed by atoms with Gasteiger partial charge in [0.05, 0.1) is 5.39 Å². The zero-order valence-corrected chi connectivity index (χ0v) is 12.2. The number of H-pyrrole nitrogens is 1. The normalized spacial score (nSPS) is 13.4. The van der Waals surface area contributed by atoms with Crippen LogP contribution >= 0.6 is 0 Å². The topological polar surface area (TPSA) is 65.6 Å². The Morgan fingerprint density at radius 2 is 2.14 bits per heavy atom. The summed E-state index contributed by atoms with van der Waals surface area (Å²) in [5.41, 5.74) is 4.10. The highest BCUT2D eigenvalue weighted by molar-refractivity contribution is 5.88. The summed E-state index contributed by atoms with van der Waals surface area (Å²) in [5, 5.41) is 13.6. The Kier molecular flexibility index (Phi) is 2.96. The Bertz CT molecular complexity index is 855. The van der Waals surface area contributed by atoms with Crippen molar-refractivity contribution in [3.63, 3.8) is 0 Å². The summed E-state index contributed by atoms with van der Waals surface area (Å²) in [6, 6.07) is 7.55. The standard InChI is InChI=1S/C16H16FN5/c1-18-14-11-8-12(17)16(20-15(11)22-21-14)19-13-7-3-5-9-4-2-6-10(9)13/h3,5,7-8H,2,4,6H2,1H3,(H3,18,19,20,21,22).